The van der Waals surface area contributed by atoms with E-state index in [2.05, 4.69) is 25.6 Å². The minimum atomic E-state index is -0.383. The lowest BCUT2D eigenvalue weighted by Gasteiger charge is -2.09. The molecular weight excluding hydrogens is 412 g/mol. The summed E-state index contributed by atoms with van der Waals surface area (Å²) in [5.41, 5.74) is 2.05. The first-order valence-electron chi connectivity index (χ1n) is 9.88. The molecule has 0 saturated heterocycles. The van der Waals surface area contributed by atoms with Gasteiger partial charge >= 0.3 is 5.69 Å². The Kier molecular flexibility index (Phi) is 6.02. The van der Waals surface area contributed by atoms with Gasteiger partial charge in [-0.1, -0.05) is 18.2 Å². The molecule has 10 heteroatoms. The number of ether oxygens (including phenoxy) is 2. The molecule has 2 aromatic heterocycles. The van der Waals surface area contributed by atoms with E-state index in [1.54, 1.807) is 37.2 Å². The van der Waals surface area contributed by atoms with Crippen LogP contribution in [0.1, 0.15) is 16.2 Å². The van der Waals surface area contributed by atoms with Gasteiger partial charge in [0.2, 0.25) is 0 Å². The number of aromatic nitrogens is 5. The van der Waals surface area contributed by atoms with E-state index in [0.717, 1.165) is 5.69 Å². The maximum absolute atomic E-state index is 13.0. The van der Waals surface area contributed by atoms with Crippen LogP contribution in [0, 0.1) is 0 Å². The molecule has 0 aliphatic carbocycles. The average molecular weight is 434 g/mol. The van der Waals surface area contributed by atoms with Crippen LogP contribution < -0.4 is 20.5 Å². The second-order valence-electron chi connectivity index (χ2n) is 6.87. The number of nitrogens with zero attached hydrogens (tertiary/aromatic N) is 3. The van der Waals surface area contributed by atoms with E-state index >= 15 is 0 Å². The Hall–Kier alpha value is -4.34. The fraction of sp³-hybridized carbons (Fsp3) is 0.182. The van der Waals surface area contributed by atoms with E-state index in [4.69, 9.17) is 9.47 Å². The van der Waals surface area contributed by atoms with E-state index in [-0.39, 0.29) is 11.6 Å². The number of methoxy groups -OCH3 is 2. The second-order valence-corrected chi connectivity index (χ2v) is 6.87. The molecular formula is C22H22N6O4. The molecule has 0 aliphatic heterocycles. The number of para-hydroxylation sites is 1. The number of benzene rings is 2. The summed E-state index contributed by atoms with van der Waals surface area (Å²) in [5.74, 6) is 1.29. The number of amides is 1. The van der Waals surface area contributed by atoms with E-state index in [1.807, 2.05) is 36.4 Å². The lowest BCUT2D eigenvalue weighted by Crippen LogP contribution is -2.26. The van der Waals surface area contributed by atoms with Crippen LogP contribution in [0.4, 0.5) is 0 Å². The first-order chi connectivity index (χ1) is 15.6. The number of nitrogens with one attached hydrogen (secondary N) is 3. The number of hydrogen-bond donors (Lipinski definition) is 3. The molecule has 0 unspecified atom stereocenters. The van der Waals surface area contributed by atoms with Crippen molar-refractivity contribution in [2.45, 2.75) is 6.42 Å². The summed E-state index contributed by atoms with van der Waals surface area (Å²) >= 11 is 0. The SMILES string of the molecule is COc1ccc(-c2nn(-c3ccccc3)cc2C(=O)NCCc2n[nH]c(=O)[nH]2)cc1OC. The van der Waals surface area contributed by atoms with Crippen molar-refractivity contribution in [2.24, 2.45) is 0 Å². The predicted molar refractivity (Wildman–Crippen MR) is 117 cm³/mol. The van der Waals surface area contributed by atoms with Crippen LogP contribution in [0.25, 0.3) is 16.9 Å². The first-order valence-corrected chi connectivity index (χ1v) is 9.88. The lowest BCUT2D eigenvalue weighted by molar-refractivity contribution is 0.0954. The van der Waals surface area contributed by atoms with Gasteiger partial charge in [-0.3, -0.25) is 9.78 Å². The topological polar surface area (TPSA) is 127 Å². The average Bonchev–Trinajstić information content (AvgIpc) is 3.45. The number of aromatic amines is 2. The van der Waals surface area contributed by atoms with Crippen LogP contribution in [0.15, 0.2) is 59.5 Å². The van der Waals surface area contributed by atoms with Crippen molar-refractivity contribution < 1.29 is 14.3 Å². The van der Waals surface area contributed by atoms with Crippen LogP contribution in [-0.2, 0) is 6.42 Å². The highest BCUT2D eigenvalue weighted by molar-refractivity contribution is 6.00. The highest BCUT2D eigenvalue weighted by atomic mass is 16.5. The summed E-state index contributed by atoms with van der Waals surface area (Å²) in [4.78, 5) is 26.8. The third kappa shape index (κ3) is 4.38. The van der Waals surface area contributed by atoms with Crippen molar-refractivity contribution in [3.8, 4) is 28.4 Å². The van der Waals surface area contributed by atoms with Crippen molar-refractivity contribution >= 4 is 5.91 Å². The van der Waals surface area contributed by atoms with Gasteiger partial charge in [0.05, 0.1) is 25.5 Å². The van der Waals surface area contributed by atoms with Crippen LogP contribution >= 0.6 is 0 Å². The van der Waals surface area contributed by atoms with Gasteiger partial charge < -0.3 is 14.8 Å². The van der Waals surface area contributed by atoms with Gasteiger partial charge in [0, 0.05) is 24.7 Å². The molecule has 2 aromatic carbocycles. The smallest absolute Gasteiger partial charge is 0.340 e. The Balaban J connectivity index is 1.66. The highest BCUT2D eigenvalue weighted by Gasteiger charge is 2.20. The van der Waals surface area contributed by atoms with Crippen molar-refractivity contribution in [3.05, 3.63) is 76.6 Å². The van der Waals surface area contributed by atoms with E-state index in [1.165, 1.54) is 0 Å². The highest BCUT2D eigenvalue weighted by Crippen LogP contribution is 2.33. The summed E-state index contributed by atoms with van der Waals surface area (Å²) in [5, 5.41) is 13.7. The van der Waals surface area contributed by atoms with Crippen LogP contribution in [-0.4, -0.2) is 51.6 Å². The number of carbonyl (C=O) groups is 1. The number of rotatable bonds is 8. The lowest BCUT2D eigenvalue weighted by atomic mass is 10.1. The van der Waals surface area contributed by atoms with Gasteiger partial charge in [0.25, 0.3) is 5.91 Å². The standard InChI is InChI=1S/C22H22N6O4/c1-31-17-9-8-14(12-18(17)32-2)20-16(13-28(27-20)15-6-4-3-5-7-15)21(29)23-11-10-19-24-22(30)26-25-19/h3-9,12-13H,10-11H2,1-2H3,(H,23,29)(H2,24,25,26,30). The molecule has 0 saturated carbocycles. The third-order valence-electron chi connectivity index (χ3n) is 4.83. The Morgan fingerprint density at radius 1 is 1.09 bits per heavy atom. The first kappa shape index (κ1) is 20.9. The van der Waals surface area contributed by atoms with Crippen LogP contribution in [0.3, 0.4) is 0 Å². The second kappa shape index (κ2) is 9.21. The number of H-pyrrole nitrogens is 2. The molecule has 0 fully saturated rings. The van der Waals surface area contributed by atoms with Crippen molar-refractivity contribution in [2.75, 3.05) is 20.8 Å². The molecule has 0 spiro atoms. The largest absolute Gasteiger partial charge is 0.493 e. The minimum absolute atomic E-state index is 0.293. The van der Waals surface area contributed by atoms with Crippen LogP contribution in [0.2, 0.25) is 0 Å². The summed E-state index contributed by atoms with van der Waals surface area (Å²) in [6.45, 7) is 0.293. The molecule has 164 valence electrons. The third-order valence-corrected chi connectivity index (χ3v) is 4.83. The van der Waals surface area contributed by atoms with Crippen molar-refractivity contribution in [3.63, 3.8) is 0 Å². The summed E-state index contributed by atoms with van der Waals surface area (Å²) in [6, 6.07) is 14.9. The van der Waals surface area contributed by atoms with Crippen molar-refractivity contribution in [1.82, 2.24) is 30.3 Å². The normalized spacial score (nSPS) is 10.7. The molecule has 4 rings (SSSR count). The van der Waals surface area contributed by atoms with Gasteiger partial charge in [-0.05, 0) is 30.3 Å². The van der Waals surface area contributed by atoms with E-state index < -0.39 is 0 Å². The zero-order chi connectivity index (χ0) is 22.5. The molecule has 0 radical (unpaired) electrons. The Bertz CT molecular complexity index is 1280. The predicted octanol–water partition coefficient (Wildman–Crippen LogP) is 1.94. The Morgan fingerprint density at radius 3 is 2.56 bits per heavy atom. The van der Waals surface area contributed by atoms with Gasteiger partial charge in [0.15, 0.2) is 11.5 Å². The van der Waals surface area contributed by atoms with Gasteiger partial charge in [-0.15, -0.1) is 0 Å². The summed E-state index contributed by atoms with van der Waals surface area (Å²) in [7, 11) is 3.12. The maximum Gasteiger partial charge on any atom is 0.340 e. The molecule has 10 nitrogen and oxygen atoms in total. The fourth-order valence-corrected chi connectivity index (χ4v) is 3.26. The summed E-state index contributed by atoms with van der Waals surface area (Å²) in [6.07, 6.45) is 2.07. The molecule has 2 heterocycles. The van der Waals surface area contributed by atoms with E-state index in [9.17, 15) is 9.59 Å². The van der Waals surface area contributed by atoms with Gasteiger partial charge in [-0.25, -0.2) is 14.6 Å². The van der Waals surface area contributed by atoms with Gasteiger partial charge in [-0.2, -0.15) is 10.2 Å². The summed E-state index contributed by atoms with van der Waals surface area (Å²) < 4.78 is 12.4. The van der Waals surface area contributed by atoms with Crippen molar-refractivity contribution in [1.29, 1.82) is 0 Å². The molecule has 4 aromatic rings. The fourth-order valence-electron chi connectivity index (χ4n) is 3.26. The molecule has 0 atom stereocenters. The molecule has 3 N–H and O–H groups in total. The van der Waals surface area contributed by atoms with E-state index in [0.29, 0.717) is 47.1 Å². The maximum atomic E-state index is 13.0. The molecule has 0 aliphatic rings. The Labute approximate surface area is 183 Å². The zero-order valence-electron chi connectivity index (χ0n) is 17.6. The Morgan fingerprint density at radius 2 is 1.88 bits per heavy atom. The molecule has 0 bridgehead atoms. The minimum Gasteiger partial charge on any atom is -0.493 e. The number of hydrogen-bond acceptors (Lipinski definition) is 6. The quantitative estimate of drug-likeness (QED) is 0.389. The van der Waals surface area contributed by atoms with Gasteiger partial charge in [0.1, 0.15) is 11.5 Å². The monoisotopic (exact) mass is 434 g/mol. The number of carbonyl (C=O) groups excluding carboxylic acids is 1. The molecule has 1 amide bonds. The molecule has 32 heavy (non-hydrogen) atoms. The van der Waals surface area contributed by atoms with Crippen LogP contribution in [0.5, 0.6) is 11.5 Å². The zero-order valence-corrected chi connectivity index (χ0v) is 17.6.